The molecular weight excluding hydrogens is 204 g/mol. The minimum Gasteiger partial charge on any atom is -0.317 e. The van der Waals surface area contributed by atoms with Gasteiger partial charge in [-0.25, -0.2) is 0 Å². The van der Waals surface area contributed by atoms with Crippen LogP contribution in [-0.2, 0) is 0 Å². The Kier molecular flexibility index (Phi) is 9.66. The monoisotopic (exact) mass is 232 g/mol. The maximum absolute atomic E-state index is 3.40. The lowest BCUT2D eigenvalue weighted by molar-refractivity contribution is 0.218. The Bertz CT molecular complexity index is 142. The van der Waals surface area contributed by atoms with Crippen LogP contribution in [0.3, 0.4) is 0 Å². The molecule has 0 saturated carbocycles. The molecule has 3 heteroatoms. The van der Waals surface area contributed by atoms with E-state index in [9.17, 15) is 0 Å². The maximum atomic E-state index is 3.40. The molecule has 0 radical (unpaired) electrons. The van der Waals surface area contributed by atoms with Gasteiger partial charge in [0.15, 0.2) is 0 Å². The van der Waals surface area contributed by atoms with Crippen LogP contribution < -0.4 is 5.32 Å². The zero-order valence-electron chi connectivity index (χ0n) is 11.0. The van der Waals surface area contributed by atoms with Crippen molar-refractivity contribution in [3.8, 4) is 0 Å². The summed E-state index contributed by atoms with van der Waals surface area (Å²) in [6.45, 7) is 10.2. The SMILES string of the molecule is CCNCC(C)CN(C)C(C)CCSC. The fourth-order valence-corrected chi connectivity index (χ4v) is 2.21. The van der Waals surface area contributed by atoms with Gasteiger partial charge in [0.25, 0.3) is 0 Å². The first-order valence-corrected chi connectivity index (χ1v) is 7.41. The number of hydrogen-bond acceptors (Lipinski definition) is 3. The van der Waals surface area contributed by atoms with Gasteiger partial charge in [-0.05, 0) is 51.4 Å². The van der Waals surface area contributed by atoms with Crippen LogP contribution in [0.5, 0.6) is 0 Å². The molecule has 0 aromatic heterocycles. The third kappa shape index (κ3) is 8.12. The molecule has 0 fully saturated rings. The summed E-state index contributed by atoms with van der Waals surface area (Å²) in [5.74, 6) is 2.01. The van der Waals surface area contributed by atoms with E-state index in [-0.39, 0.29) is 0 Å². The van der Waals surface area contributed by atoms with Gasteiger partial charge in [0, 0.05) is 12.6 Å². The second kappa shape index (κ2) is 9.49. The molecule has 0 saturated heterocycles. The zero-order valence-corrected chi connectivity index (χ0v) is 11.9. The Morgan fingerprint density at radius 2 is 2.00 bits per heavy atom. The van der Waals surface area contributed by atoms with Crippen molar-refractivity contribution in [1.82, 2.24) is 10.2 Å². The third-order valence-corrected chi connectivity index (χ3v) is 3.48. The first-order valence-electron chi connectivity index (χ1n) is 6.01. The summed E-state index contributed by atoms with van der Waals surface area (Å²) in [6, 6.07) is 0.710. The van der Waals surface area contributed by atoms with E-state index in [4.69, 9.17) is 0 Å². The van der Waals surface area contributed by atoms with Crippen LogP contribution in [0.1, 0.15) is 27.2 Å². The predicted octanol–water partition coefficient (Wildman–Crippen LogP) is 2.31. The molecule has 0 aliphatic rings. The molecule has 0 aromatic rings. The van der Waals surface area contributed by atoms with Crippen molar-refractivity contribution in [1.29, 1.82) is 0 Å². The van der Waals surface area contributed by atoms with E-state index in [0.717, 1.165) is 19.0 Å². The van der Waals surface area contributed by atoms with E-state index in [1.807, 2.05) is 11.8 Å². The highest BCUT2D eigenvalue weighted by atomic mass is 32.2. The molecule has 2 unspecified atom stereocenters. The Labute approximate surface area is 100 Å². The van der Waals surface area contributed by atoms with E-state index in [1.54, 1.807) is 0 Å². The Morgan fingerprint density at radius 1 is 1.33 bits per heavy atom. The van der Waals surface area contributed by atoms with Crippen molar-refractivity contribution in [2.45, 2.75) is 33.2 Å². The summed E-state index contributed by atoms with van der Waals surface area (Å²) >= 11 is 1.94. The predicted molar refractivity (Wildman–Crippen MR) is 72.8 cm³/mol. The van der Waals surface area contributed by atoms with E-state index in [0.29, 0.717) is 6.04 Å². The quantitative estimate of drug-likeness (QED) is 0.657. The summed E-state index contributed by atoms with van der Waals surface area (Å²) in [7, 11) is 2.24. The third-order valence-electron chi connectivity index (χ3n) is 2.83. The van der Waals surface area contributed by atoms with Crippen molar-refractivity contribution in [3.63, 3.8) is 0 Å². The highest BCUT2D eigenvalue weighted by molar-refractivity contribution is 7.98. The van der Waals surface area contributed by atoms with Crippen LogP contribution in [0.4, 0.5) is 0 Å². The van der Waals surface area contributed by atoms with Crippen molar-refractivity contribution in [2.24, 2.45) is 5.92 Å². The van der Waals surface area contributed by atoms with Crippen molar-refractivity contribution < 1.29 is 0 Å². The van der Waals surface area contributed by atoms with Gasteiger partial charge in [-0.2, -0.15) is 11.8 Å². The van der Waals surface area contributed by atoms with Crippen LogP contribution in [-0.4, -0.2) is 49.6 Å². The second-order valence-corrected chi connectivity index (χ2v) is 5.47. The van der Waals surface area contributed by atoms with E-state index >= 15 is 0 Å². The standard InChI is InChI=1S/C12H28N2S/c1-6-13-9-11(2)10-14(4)12(3)7-8-15-5/h11-13H,6-10H2,1-5H3. The topological polar surface area (TPSA) is 15.3 Å². The van der Waals surface area contributed by atoms with E-state index < -0.39 is 0 Å². The number of nitrogens with one attached hydrogen (secondary N) is 1. The summed E-state index contributed by atoms with van der Waals surface area (Å²) in [5, 5.41) is 3.40. The highest BCUT2D eigenvalue weighted by Gasteiger charge is 2.11. The molecule has 0 bridgehead atoms. The summed E-state index contributed by atoms with van der Waals surface area (Å²) in [4.78, 5) is 2.48. The van der Waals surface area contributed by atoms with E-state index in [1.165, 1.54) is 18.7 Å². The average Bonchev–Trinajstić information content (AvgIpc) is 2.22. The Hall–Kier alpha value is 0.270. The number of hydrogen-bond donors (Lipinski definition) is 1. The Balaban J connectivity index is 3.64. The van der Waals surface area contributed by atoms with Gasteiger partial charge in [0.05, 0.1) is 0 Å². The smallest absolute Gasteiger partial charge is 0.00718 e. The molecule has 0 aliphatic carbocycles. The minimum atomic E-state index is 0.710. The Morgan fingerprint density at radius 3 is 2.53 bits per heavy atom. The summed E-state index contributed by atoms with van der Waals surface area (Å²) in [6.07, 6.45) is 3.48. The van der Waals surface area contributed by atoms with Crippen LogP contribution >= 0.6 is 11.8 Å². The van der Waals surface area contributed by atoms with Crippen molar-refractivity contribution >= 4 is 11.8 Å². The van der Waals surface area contributed by atoms with Crippen LogP contribution in [0.15, 0.2) is 0 Å². The number of rotatable bonds is 9. The summed E-state index contributed by atoms with van der Waals surface area (Å²) in [5.41, 5.74) is 0. The molecule has 0 heterocycles. The molecular formula is C12H28N2S. The van der Waals surface area contributed by atoms with Gasteiger partial charge in [0.2, 0.25) is 0 Å². The van der Waals surface area contributed by atoms with Crippen molar-refractivity contribution in [3.05, 3.63) is 0 Å². The maximum Gasteiger partial charge on any atom is 0.00718 e. The highest BCUT2D eigenvalue weighted by Crippen LogP contribution is 2.08. The molecule has 0 amide bonds. The molecule has 0 aliphatic heterocycles. The fraction of sp³-hybridized carbons (Fsp3) is 1.00. The van der Waals surface area contributed by atoms with Crippen LogP contribution in [0.2, 0.25) is 0 Å². The van der Waals surface area contributed by atoms with Gasteiger partial charge in [-0.1, -0.05) is 13.8 Å². The van der Waals surface area contributed by atoms with Gasteiger partial charge >= 0.3 is 0 Å². The van der Waals surface area contributed by atoms with Crippen molar-refractivity contribution in [2.75, 3.05) is 38.7 Å². The lowest BCUT2D eigenvalue weighted by Gasteiger charge is -2.27. The van der Waals surface area contributed by atoms with E-state index in [2.05, 4.69) is 44.3 Å². The molecule has 0 rings (SSSR count). The fourth-order valence-electron chi connectivity index (χ4n) is 1.64. The lowest BCUT2D eigenvalue weighted by Crippen LogP contribution is -2.36. The number of nitrogens with zero attached hydrogens (tertiary/aromatic N) is 1. The molecule has 2 nitrogen and oxygen atoms in total. The van der Waals surface area contributed by atoms with Crippen LogP contribution in [0, 0.1) is 5.92 Å². The molecule has 15 heavy (non-hydrogen) atoms. The van der Waals surface area contributed by atoms with Gasteiger partial charge in [0.1, 0.15) is 0 Å². The molecule has 2 atom stereocenters. The zero-order chi connectivity index (χ0) is 11.7. The average molecular weight is 232 g/mol. The lowest BCUT2D eigenvalue weighted by atomic mass is 10.1. The first kappa shape index (κ1) is 15.3. The van der Waals surface area contributed by atoms with Gasteiger partial charge in [-0.15, -0.1) is 0 Å². The first-order chi connectivity index (χ1) is 7.11. The molecule has 0 aromatic carbocycles. The minimum absolute atomic E-state index is 0.710. The van der Waals surface area contributed by atoms with Gasteiger partial charge in [-0.3, -0.25) is 0 Å². The number of thioether (sulfide) groups is 1. The molecule has 92 valence electrons. The second-order valence-electron chi connectivity index (χ2n) is 4.48. The molecule has 0 spiro atoms. The largest absolute Gasteiger partial charge is 0.317 e. The van der Waals surface area contributed by atoms with Crippen LogP contribution in [0.25, 0.3) is 0 Å². The summed E-state index contributed by atoms with van der Waals surface area (Å²) < 4.78 is 0. The normalized spacial score (nSPS) is 15.6. The van der Waals surface area contributed by atoms with Gasteiger partial charge < -0.3 is 10.2 Å². The molecule has 1 N–H and O–H groups in total.